The lowest BCUT2D eigenvalue weighted by Crippen LogP contribution is -2.61. The van der Waals surface area contributed by atoms with Gasteiger partial charge in [0.15, 0.2) is 0 Å². The zero-order chi connectivity index (χ0) is 73.8. The molecule has 2 saturated heterocycles. The number of benzene rings is 2. The van der Waals surface area contributed by atoms with Crippen molar-refractivity contribution in [1.82, 2.24) is 35.6 Å². The fourth-order valence-corrected chi connectivity index (χ4v) is 14.4. The monoisotopic (exact) mass is 1430 g/mol. The number of likely N-dealkylation sites (tertiary alicyclic amines) is 2. The number of methoxy groups -OCH3 is 3. The van der Waals surface area contributed by atoms with Gasteiger partial charge >= 0.3 is 0 Å². The van der Waals surface area contributed by atoms with E-state index in [-0.39, 0.29) is 91.9 Å². The Bertz CT molecular complexity index is 2840. The first-order valence-corrected chi connectivity index (χ1v) is 37.1. The molecule has 26 heteroatoms. The molecule has 1 saturated carbocycles. The third-order valence-electron chi connectivity index (χ3n) is 20.3. The second kappa shape index (κ2) is 46.6. The van der Waals surface area contributed by atoms with Crippen LogP contribution in [0.15, 0.2) is 66.7 Å². The highest BCUT2D eigenvalue weighted by Crippen LogP contribution is 2.48. The van der Waals surface area contributed by atoms with Crippen LogP contribution in [0.2, 0.25) is 0 Å². The molecule has 1 unspecified atom stereocenters. The van der Waals surface area contributed by atoms with E-state index >= 15 is 4.79 Å². The van der Waals surface area contributed by atoms with Gasteiger partial charge in [0.1, 0.15) is 18.4 Å². The lowest BCUT2D eigenvalue weighted by atomic mass is 9.89. The second-order valence-corrected chi connectivity index (χ2v) is 27.5. The summed E-state index contributed by atoms with van der Waals surface area (Å²) in [5, 5.41) is 12.7. The lowest BCUT2D eigenvalue weighted by molar-refractivity contribution is -0.148. The molecule has 2 bridgehead atoms. The molecule has 102 heavy (non-hydrogen) atoms. The number of piperidine rings is 1. The number of carbonyl (C=O) groups excluding carboxylic acids is 8. The number of hydrogen-bond donors (Lipinski definition) is 4. The van der Waals surface area contributed by atoms with Crippen molar-refractivity contribution in [3.8, 4) is 0 Å². The summed E-state index contributed by atoms with van der Waals surface area (Å²) < 4.78 is 56.5. The molecule has 3 aliphatic heterocycles. The number of fused-ring (bicyclic) bond motifs is 2. The standard InChI is InChI=1S/C76H120N8O18/c1-11-54(4)70(81(7)76(92)69(53(2)3)80-75(91)71-61-27-28-63(55(61)5)84(71)60(51-85)52-102-47-46-101-45-44-100-43-42-99-41-40-98-39-38-97-37-36-96-35-34-93-8)65(94-9)49-68(88)82-33-19-22-64(82)72(95-10)56(6)73(89)79-62(48-57-20-15-14-16-21-57)74(90)78-59-25-23-58(24-26-59)50-77-31-17-12-13-18-32-83-66(86)29-30-67(83)87/h14-16,20-21,23-26,29-30,51,53-56,60-65,69-72,77H,11-13,17-19,22,27-28,31-50,52H2,1-10H3,(H,78,90)(H,79,89)(H,80,91)/t54-,55-,56+,60?,61-,62-,63-,64-,65+,69-,70-,71-,72+/m0/s1. The van der Waals surface area contributed by atoms with E-state index in [0.29, 0.717) is 124 Å². The highest BCUT2D eigenvalue weighted by Gasteiger charge is 2.56. The second-order valence-electron chi connectivity index (χ2n) is 27.5. The molecular weight excluding hydrogens is 1310 g/mol. The van der Waals surface area contributed by atoms with Crippen molar-refractivity contribution in [3.05, 3.63) is 77.9 Å². The Morgan fingerprint density at radius 3 is 1.82 bits per heavy atom. The summed E-state index contributed by atoms with van der Waals surface area (Å²) in [5.41, 5.74) is 2.46. The van der Waals surface area contributed by atoms with Crippen LogP contribution < -0.4 is 21.3 Å². The van der Waals surface area contributed by atoms with E-state index in [1.165, 1.54) is 24.2 Å². The summed E-state index contributed by atoms with van der Waals surface area (Å²) in [6, 6.07) is 12.7. The number of hydrogen-bond acceptors (Lipinski definition) is 20. The minimum absolute atomic E-state index is 0.0202. The van der Waals surface area contributed by atoms with Crippen LogP contribution in [0.4, 0.5) is 5.69 Å². The zero-order valence-corrected chi connectivity index (χ0v) is 62.4. The minimum atomic E-state index is -0.956. The Morgan fingerprint density at radius 2 is 1.26 bits per heavy atom. The first-order valence-electron chi connectivity index (χ1n) is 37.1. The number of rotatable bonds is 54. The maximum Gasteiger partial charge on any atom is 0.253 e. The SMILES string of the molecule is CC[C@H](C)[C@@H]([C@@H](CC(=O)N1CCC[C@H]1[C@H](OC)[C@@H](C)C(=O)N[C@@H](Cc1ccccc1)C(=O)Nc1ccc(CNCCCCCCN2C(=O)C=CC2=O)cc1)OC)N(C)C(=O)[C@@H](NC(=O)[C@@H]1[C@H]2CC[C@@H]([C@H]2C)N1C(C=O)COCCOCCOCCOCCOCCOCCOCCOC)C(C)C. The molecule has 4 N–H and O–H groups in total. The summed E-state index contributed by atoms with van der Waals surface area (Å²) in [6.45, 7) is 20.1. The van der Waals surface area contributed by atoms with Crippen molar-refractivity contribution in [3.63, 3.8) is 0 Å². The number of nitrogens with zero attached hydrogens (tertiary/aromatic N) is 4. The highest BCUT2D eigenvalue weighted by molar-refractivity contribution is 6.12. The van der Waals surface area contributed by atoms with Gasteiger partial charge in [-0.1, -0.05) is 103 Å². The largest absolute Gasteiger partial charge is 0.382 e. The predicted octanol–water partition coefficient (Wildman–Crippen LogP) is 5.42. The summed E-state index contributed by atoms with van der Waals surface area (Å²) in [4.78, 5) is 117. The van der Waals surface area contributed by atoms with E-state index in [1.54, 1.807) is 38.0 Å². The van der Waals surface area contributed by atoms with Crippen LogP contribution in [0.25, 0.3) is 0 Å². The number of nitrogens with one attached hydrogen (secondary N) is 4. The van der Waals surface area contributed by atoms with Gasteiger partial charge in [-0.05, 0) is 92.0 Å². The molecule has 572 valence electrons. The van der Waals surface area contributed by atoms with E-state index < -0.39 is 66.2 Å². The van der Waals surface area contributed by atoms with Crippen LogP contribution in [0.5, 0.6) is 0 Å². The van der Waals surface area contributed by atoms with E-state index in [0.717, 1.165) is 62.5 Å². The van der Waals surface area contributed by atoms with Crippen LogP contribution in [-0.2, 0) is 98.7 Å². The molecule has 2 aromatic carbocycles. The lowest BCUT2D eigenvalue weighted by Gasteiger charge is -2.41. The highest BCUT2D eigenvalue weighted by atomic mass is 16.6. The van der Waals surface area contributed by atoms with Crippen molar-refractivity contribution < 1.29 is 85.7 Å². The Hall–Kier alpha value is -6.14. The maximum absolute atomic E-state index is 15.1. The van der Waals surface area contributed by atoms with Gasteiger partial charge < -0.3 is 83.2 Å². The minimum Gasteiger partial charge on any atom is -0.382 e. The van der Waals surface area contributed by atoms with Crippen molar-refractivity contribution >= 4 is 53.3 Å². The molecule has 0 aromatic heterocycles. The summed E-state index contributed by atoms with van der Waals surface area (Å²) in [7, 11) is 6.41. The number of likely N-dealkylation sites (N-methyl/N-ethyl adjacent to an activating group) is 1. The summed E-state index contributed by atoms with van der Waals surface area (Å²) >= 11 is 0. The van der Waals surface area contributed by atoms with Gasteiger partial charge in [0.05, 0.1) is 148 Å². The third-order valence-corrected chi connectivity index (χ3v) is 20.3. The summed E-state index contributed by atoms with van der Waals surface area (Å²) in [6.07, 6.45) is 9.24. The van der Waals surface area contributed by atoms with E-state index in [1.807, 2.05) is 87.2 Å². The first-order chi connectivity index (χ1) is 49.4. The molecule has 0 radical (unpaired) electrons. The number of imide groups is 1. The van der Waals surface area contributed by atoms with Gasteiger partial charge in [0, 0.05) is 78.3 Å². The number of amides is 7. The molecule has 6 rings (SSSR count). The predicted molar refractivity (Wildman–Crippen MR) is 385 cm³/mol. The molecular formula is C76H120N8O18. The number of anilines is 1. The number of ether oxygens (including phenoxy) is 10. The van der Waals surface area contributed by atoms with Crippen LogP contribution in [0, 0.1) is 29.6 Å². The zero-order valence-electron chi connectivity index (χ0n) is 62.4. The average molecular weight is 1430 g/mol. The van der Waals surface area contributed by atoms with Crippen molar-refractivity contribution in [2.45, 2.75) is 173 Å². The van der Waals surface area contributed by atoms with Crippen LogP contribution >= 0.6 is 0 Å². The van der Waals surface area contributed by atoms with Crippen molar-refractivity contribution in [2.24, 2.45) is 29.6 Å². The van der Waals surface area contributed by atoms with Crippen LogP contribution in [0.3, 0.4) is 0 Å². The van der Waals surface area contributed by atoms with Gasteiger partial charge in [0.25, 0.3) is 11.8 Å². The molecule has 7 amide bonds. The van der Waals surface area contributed by atoms with Gasteiger partial charge in [-0.2, -0.15) is 0 Å². The van der Waals surface area contributed by atoms with Crippen LogP contribution in [-0.4, -0.2) is 269 Å². The van der Waals surface area contributed by atoms with Crippen molar-refractivity contribution in [2.75, 3.05) is 152 Å². The maximum atomic E-state index is 15.1. The molecule has 4 aliphatic rings. The third kappa shape index (κ3) is 26.5. The quantitative estimate of drug-likeness (QED) is 0.0365. The fourth-order valence-electron chi connectivity index (χ4n) is 14.4. The fraction of sp³-hybridized carbons (Fsp3) is 0.711. The average Bonchev–Trinajstić information content (AvgIpc) is 1.58. The smallest absolute Gasteiger partial charge is 0.253 e. The molecule has 2 aromatic rings. The topological polar surface area (TPSA) is 290 Å². The Balaban J connectivity index is 0.969. The van der Waals surface area contributed by atoms with Gasteiger partial charge in [-0.15, -0.1) is 0 Å². The molecule has 0 spiro atoms. The van der Waals surface area contributed by atoms with Gasteiger partial charge in [-0.3, -0.25) is 43.4 Å². The Kier molecular flexibility index (Phi) is 38.8. The molecule has 3 heterocycles. The Labute approximate surface area is 605 Å². The van der Waals surface area contributed by atoms with Gasteiger partial charge in [0.2, 0.25) is 29.5 Å². The molecule has 3 fully saturated rings. The van der Waals surface area contributed by atoms with E-state index in [2.05, 4.69) is 28.2 Å². The summed E-state index contributed by atoms with van der Waals surface area (Å²) in [5.74, 6) is -3.32. The van der Waals surface area contributed by atoms with E-state index in [4.69, 9.17) is 47.4 Å². The molecule has 1 aliphatic carbocycles. The number of unbranched alkanes of at least 4 members (excludes halogenated alkanes) is 3. The number of carbonyl (C=O) groups is 8. The number of aldehydes is 1. The Morgan fingerprint density at radius 1 is 0.676 bits per heavy atom. The molecule has 26 nitrogen and oxygen atoms in total. The normalized spacial score (nSPS) is 20.5. The van der Waals surface area contributed by atoms with Gasteiger partial charge in [-0.25, -0.2) is 0 Å². The van der Waals surface area contributed by atoms with Crippen LogP contribution in [0.1, 0.15) is 117 Å². The first kappa shape index (κ1) is 84.8. The van der Waals surface area contributed by atoms with E-state index in [9.17, 15) is 33.6 Å². The molecule has 13 atom stereocenters. The van der Waals surface area contributed by atoms with Crippen molar-refractivity contribution in [1.29, 1.82) is 0 Å².